The highest BCUT2D eigenvalue weighted by Crippen LogP contribution is 2.36. The van der Waals surface area contributed by atoms with Gasteiger partial charge in [0.05, 0.1) is 5.41 Å². The summed E-state index contributed by atoms with van der Waals surface area (Å²) in [7, 11) is 0. The summed E-state index contributed by atoms with van der Waals surface area (Å²) < 4.78 is 0. The van der Waals surface area contributed by atoms with E-state index in [4.69, 9.17) is 0 Å². The van der Waals surface area contributed by atoms with Crippen molar-refractivity contribution in [3.63, 3.8) is 0 Å². The van der Waals surface area contributed by atoms with Gasteiger partial charge < -0.3 is 5.11 Å². The summed E-state index contributed by atoms with van der Waals surface area (Å²) in [5.74, 6) is -0.617. The van der Waals surface area contributed by atoms with Gasteiger partial charge >= 0.3 is 5.97 Å². The van der Waals surface area contributed by atoms with E-state index in [0.717, 1.165) is 25.9 Å². The van der Waals surface area contributed by atoms with Crippen LogP contribution in [0.15, 0.2) is 0 Å². The van der Waals surface area contributed by atoms with Crippen LogP contribution >= 0.6 is 0 Å². The minimum atomic E-state index is -0.617. The molecule has 1 N–H and O–H groups in total. The molecule has 4 nitrogen and oxygen atoms in total. The molecule has 0 saturated carbocycles. The fourth-order valence-electron chi connectivity index (χ4n) is 4.22. The molecule has 3 aliphatic heterocycles. The summed E-state index contributed by atoms with van der Waals surface area (Å²) in [6, 6.07) is 1.33. The summed E-state index contributed by atoms with van der Waals surface area (Å²) in [6.45, 7) is 6.24. The first-order chi connectivity index (χ1) is 8.60. The van der Waals surface area contributed by atoms with Gasteiger partial charge in [-0.2, -0.15) is 0 Å². The fourth-order valence-corrected chi connectivity index (χ4v) is 4.22. The highest BCUT2D eigenvalue weighted by Gasteiger charge is 2.45. The Hall–Kier alpha value is -0.610. The standard InChI is InChI=1S/C14H24N2O2/c1-14(13(17)18)6-3-8-16(10-14)12-5-9-15-7-2-4-11(12)15/h11-12H,2-10H2,1H3,(H,17,18). The molecule has 0 spiro atoms. The van der Waals surface area contributed by atoms with E-state index < -0.39 is 11.4 Å². The van der Waals surface area contributed by atoms with Crippen molar-refractivity contribution in [2.24, 2.45) is 5.41 Å². The van der Waals surface area contributed by atoms with Gasteiger partial charge in [-0.25, -0.2) is 0 Å². The van der Waals surface area contributed by atoms with Crippen LogP contribution in [0.2, 0.25) is 0 Å². The van der Waals surface area contributed by atoms with Crippen molar-refractivity contribution in [1.29, 1.82) is 0 Å². The molecule has 0 aliphatic carbocycles. The van der Waals surface area contributed by atoms with Gasteiger partial charge in [-0.3, -0.25) is 14.6 Å². The van der Waals surface area contributed by atoms with E-state index in [-0.39, 0.29) is 0 Å². The Morgan fingerprint density at radius 1 is 1.11 bits per heavy atom. The van der Waals surface area contributed by atoms with E-state index in [1.165, 1.54) is 32.4 Å². The lowest BCUT2D eigenvalue weighted by molar-refractivity contribution is -0.151. The monoisotopic (exact) mass is 252 g/mol. The third-order valence-corrected chi connectivity index (χ3v) is 5.28. The second-order valence-corrected chi connectivity index (χ2v) is 6.54. The first-order valence-electron chi connectivity index (χ1n) is 7.32. The van der Waals surface area contributed by atoms with Crippen LogP contribution in [0, 0.1) is 5.41 Å². The van der Waals surface area contributed by atoms with Crippen molar-refractivity contribution < 1.29 is 9.90 Å². The number of fused-ring (bicyclic) bond motifs is 1. The predicted molar refractivity (Wildman–Crippen MR) is 69.5 cm³/mol. The molecule has 0 aromatic heterocycles. The maximum Gasteiger partial charge on any atom is 0.310 e. The van der Waals surface area contributed by atoms with Crippen LogP contribution in [0.5, 0.6) is 0 Å². The van der Waals surface area contributed by atoms with E-state index in [1.807, 2.05) is 6.92 Å². The smallest absolute Gasteiger partial charge is 0.310 e. The van der Waals surface area contributed by atoms with Crippen LogP contribution in [-0.4, -0.2) is 59.1 Å². The molecule has 0 amide bonds. The molecule has 3 aliphatic rings. The summed E-state index contributed by atoms with van der Waals surface area (Å²) in [4.78, 5) is 16.5. The highest BCUT2D eigenvalue weighted by atomic mass is 16.4. The number of carbonyl (C=O) groups is 1. The number of aliphatic carboxylic acids is 1. The van der Waals surface area contributed by atoms with Crippen LogP contribution < -0.4 is 0 Å². The van der Waals surface area contributed by atoms with Gasteiger partial charge in [0, 0.05) is 25.2 Å². The topological polar surface area (TPSA) is 43.8 Å². The molecule has 3 heterocycles. The molecule has 0 aromatic carbocycles. The number of hydrogen-bond donors (Lipinski definition) is 1. The van der Waals surface area contributed by atoms with Crippen LogP contribution in [0.3, 0.4) is 0 Å². The van der Waals surface area contributed by atoms with Crippen molar-refractivity contribution in [2.75, 3.05) is 26.2 Å². The first kappa shape index (κ1) is 12.4. The fraction of sp³-hybridized carbons (Fsp3) is 0.929. The number of hydrogen-bond acceptors (Lipinski definition) is 3. The molecular weight excluding hydrogens is 228 g/mol. The summed E-state index contributed by atoms with van der Waals surface area (Å²) in [5, 5.41) is 9.41. The second kappa shape index (κ2) is 4.49. The number of rotatable bonds is 2. The molecule has 0 aromatic rings. The Balaban J connectivity index is 1.71. The van der Waals surface area contributed by atoms with Crippen molar-refractivity contribution in [1.82, 2.24) is 9.80 Å². The van der Waals surface area contributed by atoms with Gasteiger partial charge in [0.25, 0.3) is 0 Å². The Kier molecular flexibility index (Phi) is 3.10. The Labute approximate surface area is 109 Å². The molecule has 102 valence electrons. The zero-order valence-corrected chi connectivity index (χ0v) is 11.3. The SMILES string of the molecule is CC1(C(=O)O)CCCN(C2CCN3CCCC23)C1. The largest absolute Gasteiger partial charge is 0.481 e. The Morgan fingerprint density at radius 3 is 2.61 bits per heavy atom. The van der Waals surface area contributed by atoms with Gasteiger partial charge in [-0.05, 0) is 52.1 Å². The van der Waals surface area contributed by atoms with Gasteiger partial charge in [-0.1, -0.05) is 0 Å². The van der Waals surface area contributed by atoms with Crippen molar-refractivity contribution in [3.8, 4) is 0 Å². The summed E-state index contributed by atoms with van der Waals surface area (Å²) >= 11 is 0. The van der Waals surface area contributed by atoms with Gasteiger partial charge in [-0.15, -0.1) is 0 Å². The molecule has 4 heteroatoms. The Morgan fingerprint density at radius 2 is 1.83 bits per heavy atom. The molecule has 3 saturated heterocycles. The van der Waals surface area contributed by atoms with E-state index in [1.54, 1.807) is 0 Å². The van der Waals surface area contributed by atoms with E-state index >= 15 is 0 Å². The lowest BCUT2D eigenvalue weighted by Gasteiger charge is -2.42. The zero-order valence-electron chi connectivity index (χ0n) is 11.3. The summed E-state index contributed by atoms with van der Waals surface area (Å²) in [5.41, 5.74) is -0.524. The van der Waals surface area contributed by atoms with Crippen LogP contribution in [0.25, 0.3) is 0 Å². The number of nitrogens with zero attached hydrogens (tertiary/aromatic N) is 2. The van der Waals surface area contributed by atoms with Crippen molar-refractivity contribution >= 4 is 5.97 Å². The molecule has 3 atom stereocenters. The maximum absolute atomic E-state index is 11.4. The molecule has 3 unspecified atom stereocenters. The van der Waals surface area contributed by atoms with Gasteiger partial charge in [0.1, 0.15) is 0 Å². The van der Waals surface area contributed by atoms with Crippen LogP contribution in [-0.2, 0) is 4.79 Å². The molecule has 0 bridgehead atoms. The second-order valence-electron chi connectivity index (χ2n) is 6.54. The molecule has 18 heavy (non-hydrogen) atoms. The molecular formula is C14H24N2O2. The number of carboxylic acids is 1. The Bertz CT molecular complexity index is 347. The van der Waals surface area contributed by atoms with Gasteiger partial charge in [0.15, 0.2) is 0 Å². The summed E-state index contributed by atoms with van der Waals surface area (Å²) in [6.07, 6.45) is 5.74. The quantitative estimate of drug-likeness (QED) is 0.807. The van der Waals surface area contributed by atoms with E-state index in [2.05, 4.69) is 9.80 Å². The molecule has 0 radical (unpaired) electrons. The first-order valence-corrected chi connectivity index (χ1v) is 7.32. The van der Waals surface area contributed by atoms with Crippen LogP contribution in [0.1, 0.15) is 39.0 Å². The number of likely N-dealkylation sites (tertiary alicyclic amines) is 1. The third-order valence-electron chi connectivity index (χ3n) is 5.28. The maximum atomic E-state index is 11.4. The number of carboxylic acid groups (broad SMARTS) is 1. The van der Waals surface area contributed by atoms with Crippen molar-refractivity contribution in [2.45, 2.75) is 51.1 Å². The normalized spacial score (nSPS) is 42.1. The lowest BCUT2D eigenvalue weighted by atomic mass is 9.81. The van der Waals surface area contributed by atoms with Gasteiger partial charge in [0.2, 0.25) is 0 Å². The number of piperidine rings is 1. The molecule has 3 fully saturated rings. The van der Waals surface area contributed by atoms with E-state index in [0.29, 0.717) is 12.1 Å². The lowest BCUT2D eigenvalue weighted by Crippen LogP contribution is -2.52. The highest BCUT2D eigenvalue weighted by molar-refractivity contribution is 5.74. The average molecular weight is 252 g/mol. The minimum absolute atomic E-state index is 0.524. The average Bonchev–Trinajstić information content (AvgIpc) is 2.90. The van der Waals surface area contributed by atoms with E-state index in [9.17, 15) is 9.90 Å². The van der Waals surface area contributed by atoms with Crippen molar-refractivity contribution in [3.05, 3.63) is 0 Å². The zero-order chi connectivity index (χ0) is 12.8. The molecule has 3 rings (SSSR count). The predicted octanol–water partition coefficient (Wildman–Crippen LogP) is 1.41. The van der Waals surface area contributed by atoms with Crippen LogP contribution in [0.4, 0.5) is 0 Å². The minimum Gasteiger partial charge on any atom is -0.481 e. The third kappa shape index (κ3) is 1.95.